The van der Waals surface area contributed by atoms with E-state index in [0.717, 1.165) is 45.1 Å². The zero-order valence-corrected chi connectivity index (χ0v) is 19.2. The molecular weight excluding hydrogens is 472 g/mol. The number of hydrazone groups is 1. The van der Waals surface area contributed by atoms with Crippen molar-refractivity contribution in [1.82, 2.24) is 9.55 Å². The molecule has 2 aromatic heterocycles. The first-order chi connectivity index (χ1) is 15.2. The molecule has 2 aromatic carbocycles. The number of rotatable bonds is 5. The summed E-state index contributed by atoms with van der Waals surface area (Å²) in [5, 5.41) is 5.16. The third kappa shape index (κ3) is 4.20. The summed E-state index contributed by atoms with van der Waals surface area (Å²) in [6.45, 7) is 0.448. The molecule has 4 aromatic rings. The van der Waals surface area contributed by atoms with Crippen LogP contribution in [-0.4, -0.2) is 15.8 Å². The number of halogens is 1. The van der Waals surface area contributed by atoms with Gasteiger partial charge in [-0.3, -0.25) is 9.36 Å². The Hall–Kier alpha value is -2.77. The Labute approximate surface area is 192 Å². The molecule has 0 radical (unpaired) electrons. The van der Waals surface area contributed by atoms with Gasteiger partial charge in [-0.2, -0.15) is 5.10 Å². The summed E-state index contributed by atoms with van der Waals surface area (Å²) >= 11 is 5.09. The SMILES string of the molecule is O=c1c2c3c(sc2nc(N/N=C/c2ccc(Br)cc2)n1Cc1ccccc1)CCCC3. The maximum atomic E-state index is 13.6. The number of benzene rings is 2. The fourth-order valence-corrected chi connectivity index (χ4v) is 5.47. The van der Waals surface area contributed by atoms with Gasteiger partial charge in [0.1, 0.15) is 4.83 Å². The van der Waals surface area contributed by atoms with Gasteiger partial charge < -0.3 is 0 Å². The summed E-state index contributed by atoms with van der Waals surface area (Å²) in [7, 11) is 0. The Kier molecular flexibility index (Phi) is 5.70. The van der Waals surface area contributed by atoms with Crippen LogP contribution in [-0.2, 0) is 19.4 Å². The van der Waals surface area contributed by atoms with Crippen LogP contribution in [0.25, 0.3) is 10.2 Å². The largest absolute Gasteiger partial charge is 0.272 e. The van der Waals surface area contributed by atoms with E-state index in [9.17, 15) is 4.79 Å². The first-order valence-electron chi connectivity index (χ1n) is 10.3. The molecular formula is C24H21BrN4OS. The van der Waals surface area contributed by atoms with Gasteiger partial charge in [0.25, 0.3) is 5.56 Å². The lowest BCUT2D eigenvalue weighted by molar-refractivity contribution is 0.698. The van der Waals surface area contributed by atoms with E-state index >= 15 is 0 Å². The summed E-state index contributed by atoms with van der Waals surface area (Å²) in [5.74, 6) is 0.466. The van der Waals surface area contributed by atoms with Gasteiger partial charge in [-0.25, -0.2) is 10.4 Å². The van der Waals surface area contributed by atoms with Crippen LogP contribution in [0.2, 0.25) is 0 Å². The Balaban J connectivity index is 1.57. The second-order valence-corrected chi connectivity index (χ2v) is 9.62. The van der Waals surface area contributed by atoms with Crippen LogP contribution in [0.15, 0.2) is 69.0 Å². The van der Waals surface area contributed by atoms with E-state index in [1.807, 2.05) is 54.6 Å². The normalized spacial score (nSPS) is 13.6. The van der Waals surface area contributed by atoms with Gasteiger partial charge in [-0.15, -0.1) is 11.3 Å². The molecule has 2 heterocycles. The standard InChI is InChI=1S/C24H21BrN4OS/c25-18-12-10-16(11-13-18)14-26-28-24-27-22-21(19-8-4-5-9-20(19)31-22)23(30)29(24)15-17-6-2-1-3-7-17/h1-3,6-7,10-14H,4-5,8-9,15H2,(H,27,28)/b26-14+. The van der Waals surface area contributed by atoms with Gasteiger partial charge in [0.2, 0.25) is 5.95 Å². The Bertz CT molecular complexity index is 1310. The van der Waals surface area contributed by atoms with Crippen molar-refractivity contribution >= 4 is 49.6 Å². The number of aryl methyl sites for hydroxylation is 2. The van der Waals surface area contributed by atoms with Gasteiger partial charge in [-0.1, -0.05) is 58.4 Å². The zero-order valence-electron chi connectivity index (χ0n) is 16.8. The topological polar surface area (TPSA) is 59.3 Å². The fraction of sp³-hybridized carbons (Fsp3) is 0.208. The molecule has 5 rings (SSSR count). The Morgan fingerprint density at radius 2 is 1.87 bits per heavy atom. The summed E-state index contributed by atoms with van der Waals surface area (Å²) in [6.07, 6.45) is 6.05. The number of hydrogen-bond donors (Lipinski definition) is 1. The van der Waals surface area contributed by atoms with Crippen molar-refractivity contribution < 1.29 is 0 Å². The molecule has 0 unspecified atom stereocenters. The molecule has 0 saturated heterocycles. The van der Waals surface area contributed by atoms with Crippen molar-refractivity contribution in [3.63, 3.8) is 0 Å². The van der Waals surface area contributed by atoms with E-state index in [0.29, 0.717) is 12.5 Å². The third-order valence-electron chi connectivity index (χ3n) is 5.51. The summed E-state index contributed by atoms with van der Waals surface area (Å²) < 4.78 is 2.72. The molecule has 0 amide bonds. The molecule has 0 aliphatic heterocycles. The molecule has 0 saturated carbocycles. The van der Waals surface area contributed by atoms with Gasteiger partial charge in [0.05, 0.1) is 18.1 Å². The molecule has 31 heavy (non-hydrogen) atoms. The Morgan fingerprint density at radius 1 is 1.10 bits per heavy atom. The van der Waals surface area contributed by atoms with Gasteiger partial charge >= 0.3 is 0 Å². The number of aromatic nitrogens is 2. The van der Waals surface area contributed by atoms with Crippen LogP contribution < -0.4 is 11.0 Å². The quantitative estimate of drug-likeness (QED) is 0.291. The highest BCUT2D eigenvalue weighted by Gasteiger charge is 2.22. The maximum absolute atomic E-state index is 13.6. The van der Waals surface area contributed by atoms with E-state index in [1.165, 1.54) is 16.9 Å². The van der Waals surface area contributed by atoms with Crippen molar-refractivity contribution in [1.29, 1.82) is 0 Å². The smallest absolute Gasteiger partial charge is 0.264 e. The van der Waals surface area contributed by atoms with Crippen molar-refractivity contribution in [3.05, 3.63) is 91.0 Å². The molecule has 0 spiro atoms. The van der Waals surface area contributed by atoms with Gasteiger partial charge in [0.15, 0.2) is 0 Å². The molecule has 1 aliphatic carbocycles. The molecule has 156 valence electrons. The van der Waals surface area contributed by atoms with E-state index in [2.05, 4.69) is 26.5 Å². The highest BCUT2D eigenvalue weighted by atomic mass is 79.9. The van der Waals surface area contributed by atoms with Crippen molar-refractivity contribution in [3.8, 4) is 0 Å². The van der Waals surface area contributed by atoms with Crippen molar-refractivity contribution in [2.24, 2.45) is 5.10 Å². The fourth-order valence-electron chi connectivity index (χ4n) is 3.95. The average molecular weight is 493 g/mol. The lowest BCUT2D eigenvalue weighted by Crippen LogP contribution is -2.25. The lowest BCUT2D eigenvalue weighted by atomic mass is 9.97. The molecule has 1 N–H and O–H groups in total. The summed E-state index contributed by atoms with van der Waals surface area (Å²) in [5.41, 5.74) is 6.25. The van der Waals surface area contributed by atoms with Crippen LogP contribution in [0, 0.1) is 0 Å². The molecule has 1 aliphatic rings. The number of thiophene rings is 1. The highest BCUT2D eigenvalue weighted by molar-refractivity contribution is 9.10. The number of fused-ring (bicyclic) bond motifs is 3. The predicted octanol–water partition coefficient (Wildman–Crippen LogP) is 5.59. The van der Waals surface area contributed by atoms with Crippen LogP contribution in [0.5, 0.6) is 0 Å². The van der Waals surface area contributed by atoms with Crippen LogP contribution >= 0.6 is 27.3 Å². The highest BCUT2D eigenvalue weighted by Crippen LogP contribution is 2.34. The molecule has 0 atom stereocenters. The van der Waals surface area contributed by atoms with Crippen molar-refractivity contribution in [2.75, 3.05) is 5.43 Å². The number of nitrogens with one attached hydrogen (secondary N) is 1. The second kappa shape index (κ2) is 8.77. The number of hydrogen-bond acceptors (Lipinski definition) is 5. The van der Waals surface area contributed by atoms with E-state index in [-0.39, 0.29) is 5.56 Å². The predicted molar refractivity (Wildman–Crippen MR) is 131 cm³/mol. The third-order valence-corrected chi connectivity index (χ3v) is 7.22. The van der Waals surface area contributed by atoms with Crippen LogP contribution in [0.4, 0.5) is 5.95 Å². The molecule has 0 bridgehead atoms. The minimum atomic E-state index is 0.00888. The van der Waals surface area contributed by atoms with Crippen molar-refractivity contribution in [2.45, 2.75) is 32.2 Å². The minimum absolute atomic E-state index is 0.00888. The van der Waals surface area contributed by atoms with E-state index in [4.69, 9.17) is 4.98 Å². The number of nitrogens with zero attached hydrogens (tertiary/aromatic N) is 3. The number of anilines is 1. The molecule has 5 nitrogen and oxygen atoms in total. The van der Waals surface area contributed by atoms with Gasteiger partial charge in [0, 0.05) is 9.35 Å². The minimum Gasteiger partial charge on any atom is -0.272 e. The van der Waals surface area contributed by atoms with Gasteiger partial charge in [-0.05, 0) is 54.5 Å². The monoisotopic (exact) mass is 492 g/mol. The maximum Gasteiger partial charge on any atom is 0.264 e. The second-order valence-electron chi connectivity index (χ2n) is 7.62. The van der Waals surface area contributed by atoms with Crippen LogP contribution in [0.3, 0.4) is 0 Å². The van der Waals surface area contributed by atoms with Crippen LogP contribution in [0.1, 0.15) is 34.4 Å². The van der Waals surface area contributed by atoms with E-state index in [1.54, 1.807) is 22.1 Å². The molecule has 0 fully saturated rings. The summed E-state index contributed by atoms with van der Waals surface area (Å²) in [4.78, 5) is 20.5. The average Bonchev–Trinajstić information content (AvgIpc) is 3.17. The first kappa shape index (κ1) is 20.2. The Morgan fingerprint density at radius 3 is 2.68 bits per heavy atom. The lowest BCUT2D eigenvalue weighted by Gasteiger charge is -2.13. The zero-order chi connectivity index (χ0) is 21.2. The first-order valence-corrected chi connectivity index (χ1v) is 11.9. The molecule has 7 heteroatoms. The summed E-state index contributed by atoms with van der Waals surface area (Å²) in [6, 6.07) is 17.9. The van der Waals surface area contributed by atoms with E-state index < -0.39 is 0 Å².